The van der Waals surface area contributed by atoms with E-state index in [2.05, 4.69) is 97.9 Å². The van der Waals surface area contributed by atoms with Gasteiger partial charge in [0.15, 0.2) is 0 Å². The molecule has 0 heterocycles. The zero-order valence-electron chi connectivity index (χ0n) is 25.5. The van der Waals surface area contributed by atoms with Gasteiger partial charge >= 0.3 is 59.5 Å². The van der Waals surface area contributed by atoms with Crippen molar-refractivity contribution in [3.8, 4) is 11.1 Å². The normalized spacial score (nSPS) is 16.2. The number of allylic oxidation sites excluding steroid dienone is 4. The number of benzene rings is 2. The average Bonchev–Trinajstić information content (AvgIpc) is 3.50. The van der Waals surface area contributed by atoms with E-state index in [1.54, 1.807) is 33.0 Å². The van der Waals surface area contributed by atoms with Crippen LogP contribution in [0.3, 0.4) is 0 Å². The van der Waals surface area contributed by atoms with Crippen LogP contribution in [-0.4, -0.2) is 3.21 Å². The summed E-state index contributed by atoms with van der Waals surface area (Å²) in [4.78, 5) is 0. The second-order valence-electron chi connectivity index (χ2n) is 13.3. The Morgan fingerprint density at radius 1 is 0.821 bits per heavy atom. The molecule has 3 heteroatoms. The van der Waals surface area contributed by atoms with Gasteiger partial charge in [-0.05, 0) is 40.7 Å². The van der Waals surface area contributed by atoms with Gasteiger partial charge < -0.3 is 24.8 Å². The second-order valence-corrected chi connectivity index (χ2v) is 15.0. The fraction of sp³-hybridized carbons (Fsp3) is 0.528. The van der Waals surface area contributed by atoms with Crippen molar-refractivity contribution in [1.29, 1.82) is 0 Å². The Bertz CT molecular complexity index is 1210. The maximum atomic E-state index is 3.97. The number of rotatable bonds is 3. The molecule has 0 spiro atoms. The van der Waals surface area contributed by atoms with Gasteiger partial charge in [0.2, 0.25) is 0 Å². The third kappa shape index (κ3) is 7.56. The molecule has 39 heavy (non-hydrogen) atoms. The van der Waals surface area contributed by atoms with Gasteiger partial charge in [-0.2, -0.15) is 11.6 Å². The molecule has 210 valence electrons. The average molecular weight is 642 g/mol. The van der Waals surface area contributed by atoms with Crippen molar-refractivity contribution >= 4 is 3.21 Å². The molecule has 3 aliphatic carbocycles. The molecule has 0 nitrogen and oxygen atoms in total. The predicted octanol–water partition coefficient (Wildman–Crippen LogP) is 3.67. The van der Waals surface area contributed by atoms with Crippen LogP contribution in [0.5, 0.6) is 0 Å². The number of hydrogen-bond acceptors (Lipinski definition) is 0. The summed E-state index contributed by atoms with van der Waals surface area (Å²) in [5, 5.41) is 0. The summed E-state index contributed by atoms with van der Waals surface area (Å²) in [6.07, 6.45) is 19.6. The molecule has 2 aromatic carbocycles. The Labute approximate surface area is 266 Å². The molecule has 0 unspecified atom stereocenters. The van der Waals surface area contributed by atoms with Crippen LogP contribution in [0.1, 0.15) is 132 Å². The van der Waals surface area contributed by atoms with Gasteiger partial charge in [-0.25, -0.2) is 0 Å². The molecule has 0 N–H and O–H groups in total. The van der Waals surface area contributed by atoms with E-state index >= 15 is 0 Å². The molecule has 0 amide bonds. The standard InChI is InChI=1S/C30H37.C6H10.2ClH.Zr/c1-9-19-16-23(29(3,4)5)17-21-15-22-18-25(30(6,7)8)27(20-13-11-12-14-20)24(10-2)28(22)26(19)21;1-2-4-6-5-3-1;;;/h11-14,16-17,20H,9-10,15H2,1-8H3;1-5H2;2*1H;/q-1;;;;+2/p-2. The first-order valence-electron chi connectivity index (χ1n) is 14.6. The van der Waals surface area contributed by atoms with E-state index in [1.165, 1.54) is 76.6 Å². The van der Waals surface area contributed by atoms with E-state index in [0.717, 1.165) is 19.3 Å². The Kier molecular flexibility index (Phi) is 12.3. The SMILES string of the molecule is CCc1cc(C(C)(C)C)cc2c1-c1c([c-]c(C(C)(C)C)c(C3C=CC=C3)c1CC)C2.[Cl-].[Cl-].[Zr+2]=[C]1CCCCC1. The van der Waals surface area contributed by atoms with Crippen LogP contribution in [0.15, 0.2) is 36.4 Å². The van der Waals surface area contributed by atoms with E-state index in [4.69, 9.17) is 0 Å². The fourth-order valence-electron chi connectivity index (χ4n) is 6.24. The minimum absolute atomic E-state index is 0. The summed E-state index contributed by atoms with van der Waals surface area (Å²) in [6.45, 7) is 18.6. The third-order valence-electron chi connectivity index (χ3n) is 8.28. The molecule has 0 saturated heterocycles. The van der Waals surface area contributed by atoms with E-state index in [0.29, 0.717) is 5.92 Å². The molecule has 1 fully saturated rings. The van der Waals surface area contributed by atoms with E-state index in [9.17, 15) is 0 Å². The number of aryl methyl sites for hydroxylation is 1. The van der Waals surface area contributed by atoms with Gasteiger partial charge in [-0.3, -0.25) is 0 Å². The molecule has 0 atom stereocenters. The molecule has 1 saturated carbocycles. The Hall–Kier alpha value is -0.747. The molecule has 0 bridgehead atoms. The van der Waals surface area contributed by atoms with Crippen molar-refractivity contribution in [2.24, 2.45) is 0 Å². The van der Waals surface area contributed by atoms with Crippen molar-refractivity contribution in [2.75, 3.05) is 0 Å². The first-order valence-corrected chi connectivity index (χ1v) is 15.9. The molecular formula is C36H47Cl2Zr-. The second kappa shape index (κ2) is 13.9. The third-order valence-corrected chi connectivity index (χ3v) is 9.51. The van der Waals surface area contributed by atoms with Gasteiger partial charge in [0.25, 0.3) is 0 Å². The van der Waals surface area contributed by atoms with Crippen molar-refractivity contribution in [3.05, 3.63) is 81.4 Å². The molecule has 0 aromatic heterocycles. The Morgan fingerprint density at radius 2 is 1.44 bits per heavy atom. The molecule has 5 rings (SSSR count). The summed E-state index contributed by atoms with van der Waals surface area (Å²) in [5.41, 5.74) is 13.6. The summed E-state index contributed by atoms with van der Waals surface area (Å²) < 4.78 is 1.80. The van der Waals surface area contributed by atoms with Crippen molar-refractivity contribution < 1.29 is 49.0 Å². The van der Waals surface area contributed by atoms with E-state index < -0.39 is 0 Å². The van der Waals surface area contributed by atoms with Gasteiger partial charge in [0, 0.05) is 0 Å². The summed E-state index contributed by atoms with van der Waals surface area (Å²) in [7, 11) is 0. The summed E-state index contributed by atoms with van der Waals surface area (Å²) in [6, 6.07) is 8.93. The molecule has 0 aliphatic heterocycles. The van der Waals surface area contributed by atoms with Gasteiger partial charge in [0.05, 0.1) is 0 Å². The monoisotopic (exact) mass is 639 g/mol. The number of halogens is 2. The van der Waals surface area contributed by atoms with Crippen molar-refractivity contribution in [3.63, 3.8) is 0 Å². The van der Waals surface area contributed by atoms with Crippen LogP contribution in [0.4, 0.5) is 0 Å². The molecule has 2 aromatic rings. The first kappa shape index (κ1) is 34.5. The zero-order chi connectivity index (χ0) is 27.0. The Balaban J connectivity index is 0.000000518. The van der Waals surface area contributed by atoms with E-state index in [-0.39, 0.29) is 35.6 Å². The van der Waals surface area contributed by atoms with Gasteiger partial charge in [-0.1, -0.05) is 109 Å². The van der Waals surface area contributed by atoms with Crippen molar-refractivity contribution in [1.82, 2.24) is 0 Å². The van der Waals surface area contributed by atoms with Crippen LogP contribution in [0, 0.1) is 6.07 Å². The number of fused-ring (bicyclic) bond motifs is 3. The molecular weight excluding hydrogens is 595 g/mol. The summed E-state index contributed by atoms with van der Waals surface area (Å²) >= 11 is 1.69. The zero-order valence-corrected chi connectivity index (χ0v) is 29.4. The number of hydrogen-bond donors (Lipinski definition) is 0. The van der Waals surface area contributed by atoms with Crippen LogP contribution in [0.25, 0.3) is 11.1 Å². The molecule has 3 aliphatic rings. The predicted molar refractivity (Wildman–Crippen MR) is 159 cm³/mol. The van der Waals surface area contributed by atoms with Crippen LogP contribution in [-0.2, 0) is 54.3 Å². The minimum atomic E-state index is 0. The van der Waals surface area contributed by atoms with Gasteiger partial charge in [-0.15, -0.1) is 22.3 Å². The Morgan fingerprint density at radius 3 is 1.90 bits per heavy atom. The topological polar surface area (TPSA) is 0 Å². The quantitative estimate of drug-likeness (QED) is 0.384. The first-order chi connectivity index (χ1) is 17.5. The van der Waals surface area contributed by atoms with Gasteiger partial charge in [0.1, 0.15) is 0 Å². The summed E-state index contributed by atoms with van der Waals surface area (Å²) in [5.74, 6) is 0.374. The fourth-order valence-corrected chi connectivity index (χ4v) is 7.11. The van der Waals surface area contributed by atoms with Crippen molar-refractivity contribution in [2.45, 2.75) is 124 Å². The van der Waals surface area contributed by atoms with Crippen LogP contribution < -0.4 is 24.8 Å². The maximum absolute atomic E-state index is 3.97. The van der Waals surface area contributed by atoms with E-state index in [1.807, 2.05) is 0 Å². The van der Waals surface area contributed by atoms with Crippen LogP contribution in [0.2, 0.25) is 0 Å². The van der Waals surface area contributed by atoms with Crippen LogP contribution >= 0.6 is 0 Å². The molecule has 0 radical (unpaired) electrons.